The van der Waals surface area contributed by atoms with Crippen LogP contribution in [-0.2, 0) is 0 Å². The van der Waals surface area contributed by atoms with Gasteiger partial charge in [-0.05, 0) is 37.8 Å². The molecule has 136 valence electrons. The molecule has 0 saturated heterocycles. The topological polar surface area (TPSA) is 92.1 Å². The quantitative estimate of drug-likeness (QED) is 0.777. The van der Waals surface area contributed by atoms with E-state index in [0.717, 1.165) is 11.5 Å². The summed E-state index contributed by atoms with van der Waals surface area (Å²) in [5, 5.41) is 19.6. The Labute approximate surface area is 148 Å². The summed E-state index contributed by atoms with van der Waals surface area (Å²) in [4.78, 5) is 16.7. The average Bonchev–Trinajstić information content (AvgIpc) is 2.84. The van der Waals surface area contributed by atoms with Crippen molar-refractivity contribution in [2.75, 3.05) is 11.9 Å². The third-order valence-corrected chi connectivity index (χ3v) is 3.67. The van der Waals surface area contributed by atoms with Crippen molar-refractivity contribution in [3.8, 4) is 5.69 Å². The molecule has 1 unspecified atom stereocenters. The summed E-state index contributed by atoms with van der Waals surface area (Å²) >= 11 is 0. The number of urea groups is 1. The number of benzene rings is 1. The fourth-order valence-electron chi connectivity index (χ4n) is 2.76. The van der Waals surface area contributed by atoms with E-state index in [1.807, 2.05) is 38.1 Å². The van der Waals surface area contributed by atoms with Crippen LogP contribution in [0.3, 0.4) is 0 Å². The molecule has 0 aliphatic rings. The first kappa shape index (κ1) is 18.9. The molecular weight excluding hydrogens is 318 g/mol. The van der Waals surface area contributed by atoms with Crippen molar-refractivity contribution < 1.29 is 9.90 Å². The van der Waals surface area contributed by atoms with Crippen molar-refractivity contribution in [1.29, 1.82) is 0 Å². The van der Waals surface area contributed by atoms with Crippen LogP contribution in [0.2, 0.25) is 0 Å². The fraction of sp³-hybridized carbons (Fsp3) is 0.500. The number of carbonyl (C=O) groups is 1. The van der Waals surface area contributed by atoms with Gasteiger partial charge in [-0.1, -0.05) is 32.9 Å². The van der Waals surface area contributed by atoms with Gasteiger partial charge in [0.25, 0.3) is 0 Å². The number of nitrogens with zero attached hydrogens (tertiary/aromatic N) is 3. The van der Waals surface area contributed by atoms with Crippen LogP contribution in [0.4, 0.5) is 10.5 Å². The summed E-state index contributed by atoms with van der Waals surface area (Å²) < 4.78 is 1.70. The Bertz CT molecular complexity index is 733. The van der Waals surface area contributed by atoms with Crippen LogP contribution in [0.25, 0.3) is 5.69 Å². The summed E-state index contributed by atoms with van der Waals surface area (Å²) in [6, 6.07) is 6.74. The van der Waals surface area contributed by atoms with Gasteiger partial charge in [0.2, 0.25) is 0 Å². The number of aromatic nitrogens is 3. The lowest BCUT2D eigenvalue weighted by molar-refractivity contribution is 0.196. The predicted molar refractivity (Wildman–Crippen MR) is 97.9 cm³/mol. The summed E-state index contributed by atoms with van der Waals surface area (Å²) in [6.07, 6.45) is 0.681. The van der Waals surface area contributed by atoms with Crippen LogP contribution >= 0.6 is 0 Å². The normalized spacial score (nSPS) is 12.7. The minimum atomic E-state index is -0.356. The first-order valence-electron chi connectivity index (χ1n) is 8.37. The second-order valence-electron chi connectivity index (χ2n) is 7.38. The maximum atomic E-state index is 12.4. The summed E-state index contributed by atoms with van der Waals surface area (Å²) in [5.74, 6) is 1.41. The zero-order valence-corrected chi connectivity index (χ0v) is 15.5. The number of aryl methyl sites for hydroxylation is 2. The van der Waals surface area contributed by atoms with E-state index in [4.69, 9.17) is 0 Å². The molecule has 0 aliphatic carbocycles. The molecule has 0 bridgehead atoms. The molecule has 7 heteroatoms. The Morgan fingerprint density at radius 2 is 1.96 bits per heavy atom. The third kappa shape index (κ3) is 5.29. The van der Waals surface area contributed by atoms with Gasteiger partial charge < -0.3 is 15.7 Å². The number of anilines is 1. The van der Waals surface area contributed by atoms with Gasteiger partial charge >= 0.3 is 6.03 Å². The minimum absolute atomic E-state index is 0.00789. The number of rotatable bonds is 5. The number of hydrogen-bond donors (Lipinski definition) is 3. The Balaban J connectivity index is 2.15. The summed E-state index contributed by atoms with van der Waals surface area (Å²) in [7, 11) is 0. The second kappa shape index (κ2) is 7.65. The minimum Gasteiger partial charge on any atom is -0.394 e. The van der Waals surface area contributed by atoms with Gasteiger partial charge in [-0.2, -0.15) is 5.10 Å². The molecule has 0 aliphatic heterocycles. The van der Waals surface area contributed by atoms with Gasteiger partial charge in [-0.3, -0.25) is 0 Å². The highest BCUT2D eigenvalue weighted by atomic mass is 16.3. The van der Waals surface area contributed by atoms with Crippen molar-refractivity contribution in [2.24, 2.45) is 5.41 Å². The number of aliphatic hydroxyl groups excluding tert-OH is 1. The molecule has 7 nitrogen and oxygen atoms in total. The molecule has 1 heterocycles. The van der Waals surface area contributed by atoms with Crippen LogP contribution in [0.15, 0.2) is 24.3 Å². The molecular formula is C18H27N5O2. The van der Waals surface area contributed by atoms with E-state index in [1.165, 1.54) is 0 Å². The van der Waals surface area contributed by atoms with E-state index < -0.39 is 0 Å². The van der Waals surface area contributed by atoms with Gasteiger partial charge in [-0.15, -0.1) is 0 Å². The van der Waals surface area contributed by atoms with Gasteiger partial charge in [0.05, 0.1) is 24.0 Å². The number of amides is 2. The van der Waals surface area contributed by atoms with Crippen molar-refractivity contribution in [3.05, 3.63) is 35.9 Å². The molecule has 2 aromatic rings. The predicted octanol–water partition coefficient (Wildman–Crippen LogP) is 2.80. The highest BCUT2D eigenvalue weighted by molar-refractivity contribution is 5.91. The zero-order valence-electron chi connectivity index (χ0n) is 15.5. The van der Waals surface area contributed by atoms with Crippen LogP contribution in [0.1, 0.15) is 38.8 Å². The van der Waals surface area contributed by atoms with E-state index in [2.05, 4.69) is 41.5 Å². The lowest BCUT2D eigenvalue weighted by atomic mass is 9.88. The first-order valence-corrected chi connectivity index (χ1v) is 8.37. The zero-order chi connectivity index (χ0) is 18.6. The Hall–Kier alpha value is -2.41. The molecule has 0 saturated carbocycles. The largest absolute Gasteiger partial charge is 0.394 e. The molecule has 3 N–H and O–H groups in total. The summed E-state index contributed by atoms with van der Waals surface area (Å²) in [5.41, 5.74) is 1.38. The molecule has 0 radical (unpaired) electrons. The van der Waals surface area contributed by atoms with E-state index in [9.17, 15) is 9.90 Å². The number of carbonyl (C=O) groups excluding carboxylic acids is 1. The SMILES string of the molecule is Cc1nc(C)n(-c2ccccc2NC(=O)NC(CO)CC(C)(C)C)n1. The monoisotopic (exact) mass is 345 g/mol. The van der Waals surface area contributed by atoms with Crippen LogP contribution < -0.4 is 10.6 Å². The average molecular weight is 345 g/mol. The fourth-order valence-corrected chi connectivity index (χ4v) is 2.76. The van der Waals surface area contributed by atoms with Gasteiger partial charge in [-0.25, -0.2) is 14.5 Å². The summed E-state index contributed by atoms with van der Waals surface area (Å²) in [6.45, 7) is 9.79. The van der Waals surface area contributed by atoms with Crippen molar-refractivity contribution >= 4 is 11.7 Å². The molecule has 0 fully saturated rings. The third-order valence-electron chi connectivity index (χ3n) is 3.67. The lowest BCUT2D eigenvalue weighted by Gasteiger charge is -2.25. The van der Waals surface area contributed by atoms with Crippen LogP contribution in [-0.4, -0.2) is 38.6 Å². The van der Waals surface area contributed by atoms with Crippen LogP contribution in [0.5, 0.6) is 0 Å². The Kier molecular flexibility index (Phi) is 5.79. The number of aliphatic hydroxyl groups is 1. The molecule has 1 aromatic carbocycles. The molecule has 1 atom stereocenters. The second-order valence-corrected chi connectivity index (χ2v) is 7.38. The maximum Gasteiger partial charge on any atom is 0.319 e. The highest BCUT2D eigenvalue weighted by Gasteiger charge is 2.20. The molecule has 2 amide bonds. The van der Waals surface area contributed by atoms with E-state index in [1.54, 1.807) is 4.68 Å². The first-order chi connectivity index (χ1) is 11.7. The van der Waals surface area contributed by atoms with Crippen molar-refractivity contribution in [1.82, 2.24) is 20.1 Å². The standard InChI is InChI=1S/C18H27N5O2/c1-12-19-13(2)23(22-12)16-9-7-6-8-15(16)21-17(25)20-14(11-24)10-18(3,4)5/h6-9,14,24H,10-11H2,1-5H3,(H2,20,21,25). The molecule has 25 heavy (non-hydrogen) atoms. The molecule has 1 aromatic heterocycles. The smallest absolute Gasteiger partial charge is 0.319 e. The molecule has 2 rings (SSSR count). The van der Waals surface area contributed by atoms with E-state index in [0.29, 0.717) is 17.9 Å². The highest BCUT2D eigenvalue weighted by Crippen LogP contribution is 2.22. The van der Waals surface area contributed by atoms with Crippen molar-refractivity contribution in [3.63, 3.8) is 0 Å². The Morgan fingerprint density at radius 1 is 1.28 bits per heavy atom. The number of nitrogens with one attached hydrogen (secondary N) is 2. The Morgan fingerprint density at radius 3 is 2.52 bits per heavy atom. The maximum absolute atomic E-state index is 12.4. The van der Waals surface area contributed by atoms with Gasteiger partial charge in [0.1, 0.15) is 11.6 Å². The lowest BCUT2D eigenvalue weighted by Crippen LogP contribution is -2.42. The van der Waals surface area contributed by atoms with E-state index >= 15 is 0 Å². The van der Waals surface area contributed by atoms with Gasteiger partial charge in [0.15, 0.2) is 0 Å². The number of hydrogen-bond acceptors (Lipinski definition) is 4. The molecule has 0 spiro atoms. The van der Waals surface area contributed by atoms with Crippen LogP contribution in [0, 0.1) is 19.3 Å². The van der Waals surface area contributed by atoms with E-state index in [-0.39, 0.29) is 24.1 Å². The van der Waals surface area contributed by atoms with Crippen molar-refractivity contribution in [2.45, 2.75) is 47.1 Å². The number of para-hydroxylation sites is 2. The van der Waals surface area contributed by atoms with Gasteiger partial charge in [0, 0.05) is 0 Å².